The van der Waals surface area contributed by atoms with Gasteiger partial charge in [0.15, 0.2) is 6.61 Å². The Labute approximate surface area is 180 Å². The van der Waals surface area contributed by atoms with Crippen LogP contribution in [0.25, 0.3) is 21.8 Å². The van der Waals surface area contributed by atoms with Crippen LogP contribution in [0.3, 0.4) is 0 Å². The lowest BCUT2D eigenvalue weighted by atomic mass is 10.1. The third-order valence-corrected chi connectivity index (χ3v) is 5.58. The van der Waals surface area contributed by atoms with Gasteiger partial charge in [0.05, 0.1) is 5.69 Å². The largest absolute Gasteiger partial charge is 0.484 e. The van der Waals surface area contributed by atoms with E-state index in [9.17, 15) is 4.79 Å². The highest BCUT2D eigenvalue weighted by molar-refractivity contribution is 7.13. The molecule has 0 spiro atoms. The Morgan fingerprint density at radius 1 is 0.967 bits per heavy atom. The molecule has 0 unspecified atom stereocenters. The van der Waals surface area contributed by atoms with Gasteiger partial charge in [0.25, 0.3) is 5.91 Å². The molecule has 4 nitrogen and oxygen atoms in total. The van der Waals surface area contributed by atoms with E-state index < -0.39 is 0 Å². The molecular weight excluding hydrogens is 392 g/mol. The summed E-state index contributed by atoms with van der Waals surface area (Å²) >= 11 is 1.62. The Kier molecular flexibility index (Phi) is 6.20. The molecule has 0 fully saturated rings. The summed E-state index contributed by atoms with van der Waals surface area (Å²) in [6, 6.07) is 25.9. The number of para-hydroxylation sites is 1. The Morgan fingerprint density at radius 3 is 2.57 bits per heavy atom. The van der Waals surface area contributed by atoms with Crippen molar-refractivity contribution in [2.45, 2.75) is 13.5 Å². The minimum absolute atomic E-state index is 0.00252. The van der Waals surface area contributed by atoms with Crippen molar-refractivity contribution in [2.24, 2.45) is 0 Å². The van der Waals surface area contributed by atoms with Gasteiger partial charge in [-0.25, -0.2) is 4.98 Å². The van der Waals surface area contributed by atoms with E-state index in [0.29, 0.717) is 6.54 Å². The van der Waals surface area contributed by atoms with Gasteiger partial charge < -0.3 is 10.1 Å². The summed E-state index contributed by atoms with van der Waals surface area (Å²) in [6.45, 7) is 2.40. The molecule has 4 aromatic rings. The summed E-state index contributed by atoms with van der Waals surface area (Å²) in [5.74, 6) is 0.580. The van der Waals surface area contributed by atoms with Crippen molar-refractivity contribution in [3.8, 4) is 27.6 Å². The highest BCUT2D eigenvalue weighted by Crippen LogP contribution is 2.29. The van der Waals surface area contributed by atoms with Crippen LogP contribution >= 0.6 is 11.3 Å². The fourth-order valence-electron chi connectivity index (χ4n) is 3.08. The maximum atomic E-state index is 12.2. The van der Waals surface area contributed by atoms with Gasteiger partial charge in [-0.15, -0.1) is 11.3 Å². The van der Waals surface area contributed by atoms with E-state index in [1.807, 2.05) is 67.6 Å². The van der Waals surface area contributed by atoms with Gasteiger partial charge in [-0.2, -0.15) is 0 Å². The van der Waals surface area contributed by atoms with E-state index >= 15 is 0 Å². The van der Waals surface area contributed by atoms with E-state index in [2.05, 4.69) is 28.9 Å². The second-order valence-corrected chi connectivity index (χ2v) is 7.79. The van der Waals surface area contributed by atoms with Crippen LogP contribution < -0.4 is 10.1 Å². The predicted molar refractivity (Wildman–Crippen MR) is 122 cm³/mol. The number of amides is 1. The minimum atomic E-state index is -0.149. The number of aromatic nitrogens is 1. The average Bonchev–Trinajstić information content (AvgIpc) is 3.28. The van der Waals surface area contributed by atoms with E-state index in [4.69, 9.17) is 9.72 Å². The third kappa shape index (κ3) is 4.93. The van der Waals surface area contributed by atoms with Crippen molar-refractivity contribution in [1.82, 2.24) is 10.3 Å². The molecule has 1 N–H and O–H groups in total. The number of hydrogen-bond acceptors (Lipinski definition) is 4. The normalized spacial score (nSPS) is 10.6. The molecule has 4 rings (SSSR count). The zero-order valence-corrected chi connectivity index (χ0v) is 17.5. The second kappa shape index (κ2) is 9.37. The average molecular weight is 415 g/mol. The van der Waals surface area contributed by atoms with Gasteiger partial charge in [-0.05, 0) is 30.2 Å². The van der Waals surface area contributed by atoms with Gasteiger partial charge in [-0.1, -0.05) is 66.7 Å². The first-order valence-corrected chi connectivity index (χ1v) is 10.6. The SMILES string of the molecule is Cc1ccccc1OCC(=O)NCc1cccc(-c2nc(-c3ccccc3)cs2)c1. The van der Waals surface area contributed by atoms with Crippen molar-refractivity contribution >= 4 is 17.2 Å². The molecule has 0 radical (unpaired) electrons. The molecule has 1 heterocycles. The Morgan fingerprint density at radius 2 is 1.73 bits per heavy atom. The topological polar surface area (TPSA) is 51.2 Å². The summed E-state index contributed by atoms with van der Waals surface area (Å²) in [5.41, 5.74) is 5.16. The van der Waals surface area contributed by atoms with E-state index in [1.54, 1.807) is 11.3 Å². The number of nitrogens with one attached hydrogen (secondary N) is 1. The first-order chi connectivity index (χ1) is 14.7. The van der Waals surface area contributed by atoms with Gasteiger partial charge in [0.1, 0.15) is 10.8 Å². The molecule has 0 atom stereocenters. The van der Waals surface area contributed by atoms with Crippen LogP contribution in [0.15, 0.2) is 84.2 Å². The van der Waals surface area contributed by atoms with E-state index in [0.717, 1.165) is 38.7 Å². The summed E-state index contributed by atoms with van der Waals surface area (Å²) in [7, 11) is 0. The van der Waals surface area contributed by atoms with Gasteiger partial charge in [0.2, 0.25) is 0 Å². The summed E-state index contributed by atoms with van der Waals surface area (Å²) in [6.07, 6.45) is 0. The lowest BCUT2D eigenvalue weighted by Crippen LogP contribution is -2.28. The fourth-order valence-corrected chi connectivity index (χ4v) is 3.90. The van der Waals surface area contributed by atoms with E-state index in [-0.39, 0.29) is 12.5 Å². The van der Waals surface area contributed by atoms with Crippen molar-refractivity contribution in [1.29, 1.82) is 0 Å². The van der Waals surface area contributed by atoms with Crippen LogP contribution in [0.2, 0.25) is 0 Å². The zero-order chi connectivity index (χ0) is 20.8. The number of ether oxygens (including phenoxy) is 1. The zero-order valence-electron chi connectivity index (χ0n) is 16.7. The molecule has 5 heteroatoms. The van der Waals surface area contributed by atoms with Crippen LogP contribution in [0.5, 0.6) is 5.75 Å². The molecule has 1 aromatic heterocycles. The molecule has 150 valence electrons. The predicted octanol–water partition coefficient (Wildman–Crippen LogP) is 5.48. The Bertz CT molecular complexity index is 1140. The Hall–Kier alpha value is -3.44. The van der Waals surface area contributed by atoms with Crippen LogP contribution in [-0.2, 0) is 11.3 Å². The number of thiazole rings is 1. The van der Waals surface area contributed by atoms with Crippen LogP contribution in [0, 0.1) is 6.92 Å². The van der Waals surface area contributed by atoms with E-state index in [1.165, 1.54) is 0 Å². The molecule has 0 saturated carbocycles. The molecule has 30 heavy (non-hydrogen) atoms. The number of hydrogen-bond donors (Lipinski definition) is 1. The fraction of sp³-hybridized carbons (Fsp3) is 0.120. The summed E-state index contributed by atoms with van der Waals surface area (Å²) in [5, 5.41) is 5.95. The molecule has 0 bridgehead atoms. The quantitative estimate of drug-likeness (QED) is 0.436. The maximum absolute atomic E-state index is 12.2. The second-order valence-electron chi connectivity index (χ2n) is 6.94. The number of carbonyl (C=O) groups is 1. The van der Waals surface area contributed by atoms with Gasteiger partial charge in [-0.3, -0.25) is 4.79 Å². The number of nitrogens with zero attached hydrogens (tertiary/aromatic N) is 1. The number of aryl methyl sites for hydroxylation is 1. The van der Waals surface area contributed by atoms with Crippen molar-refractivity contribution in [3.63, 3.8) is 0 Å². The Balaban J connectivity index is 1.36. The van der Waals surface area contributed by atoms with Crippen molar-refractivity contribution < 1.29 is 9.53 Å². The summed E-state index contributed by atoms with van der Waals surface area (Å²) in [4.78, 5) is 16.9. The van der Waals surface area contributed by atoms with Gasteiger partial charge >= 0.3 is 0 Å². The molecule has 0 aliphatic heterocycles. The molecule has 0 saturated heterocycles. The number of rotatable bonds is 7. The third-order valence-electron chi connectivity index (χ3n) is 4.69. The monoisotopic (exact) mass is 414 g/mol. The number of benzene rings is 3. The smallest absolute Gasteiger partial charge is 0.258 e. The number of carbonyl (C=O) groups excluding carboxylic acids is 1. The van der Waals surface area contributed by atoms with Crippen LogP contribution in [0.1, 0.15) is 11.1 Å². The summed E-state index contributed by atoms with van der Waals surface area (Å²) < 4.78 is 5.60. The van der Waals surface area contributed by atoms with Crippen molar-refractivity contribution in [2.75, 3.05) is 6.61 Å². The molecule has 1 amide bonds. The minimum Gasteiger partial charge on any atom is -0.484 e. The molecule has 0 aliphatic rings. The molecular formula is C25H22N2O2S. The first-order valence-electron chi connectivity index (χ1n) is 9.74. The first kappa shape index (κ1) is 19.9. The molecule has 0 aliphatic carbocycles. The lowest BCUT2D eigenvalue weighted by Gasteiger charge is -2.10. The van der Waals surface area contributed by atoms with Crippen LogP contribution in [-0.4, -0.2) is 17.5 Å². The maximum Gasteiger partial charge on any atom is 0.258 e. The standard InChI is InChI=1S/C25H22N2O2S/c1-18-8-5-6-13-23(18)29-16-24(28)26-15-19-9-7-12-21(14-19)25-27-22(17-30-25)20-10-3-2-4-11-20/h2-14,17H,15-16H2,1H3,(H,26,28). The van der Waals surface area contributed by atoms with Crippen molar-refractivity contribution in [3.05, 3.63) is 95.4 Å². The molecule has 3 aromatic carbocycles. The lowest BCUT2D eigenvalue weighted by molar-refractivity contribution is -0.123. The van der Waals surface area contributed by atoms with Gasteiger partial charge in [0, 0.05) is 23.1 Å². The highest BCUT2D eigenvalue weighted by Gasteiger charge is 2.08. The highest BCUT2D eigenvalue weighted by atomic mass is 32.1. The van der Waals surface area contributed by atoms with Crippen LogP contribution in [0.4, 0.5) is 0 Å².